The molecular weight excluding hydrogens is 250 g/mol. The van der Waals surface area contributed by atoms with Gasteiger partial charge in [0.05, 0.1) is 12.0 Å². The van der Waals surface area contributed by atoms with E-state index in [-0.39, 0.29) is 17.9 Å². The minimum atomic E-state index is 0.0683. The van der Waals surface area contributed by atoms with E-state index in [0.717, 1.165) is 32.3 Å². The molecule has 1 heterocycles. The average Bonchev–Trinajstić information content (AvgIpc) is 3.05. The number of ether oxygens (including phenoxy) is 1. The van der Waals surface area contributed by atoms with Gasteiger partial charge in [0, 0.05) is 25.1 Å². The number of amides is 1. The van der Waals surface area contributed by atoms with Crippen LogP contribution in [0.4, 0.5) is 0 Å². The van der Waals surface area contributed by atoms with Crippen LogP contribution in [0.5, 0.6) is 0 Å². The first-order valence-electron chi connectivity index (χ1n) is 7.26. The summed E-state index contributed by atoms with van der Waals surface area (Å²) in [5, 5.41) is 0. The van der Waals surface area contributed by atoms with Crippen LogP contribution in [0.25, 0.3) is 0 Å². The third kappa shape index (κ3) is 3.00. The number of halogens is 1. The van der Waals surface area contributed by atoms with E-state index in [2.05, 4.69) is 6.92 Å². The van der Waals surface area contributed by atoms with Crippen LogP contribution >= 0.6 is 11.6 Å². The summed E-state index contributed by atoms with van der Waals surface area (Å²) in [5.74, 6) is 0.887. The Morgan fingerprint density at radius 1 is 1.33 bits per heavy atom. The molecule has 1 saturated heterocycles. The largest absolute Gasteiger partial charge is 0.377 e. The van der Waals surface area contributed by atoms with E-state index in [1.807, 2.05) is 4.90 Å². The van der Waals surface area contributed by atoms with E-state index < -0.39 is 0 Å². The topological polar surface area (TPSA) is 29.5 Å². The van der Waals surface area contributed by atoms with E-state index in [9.17, 15) is 4.79 Å². The van der Waals surface area contributed by atoms with Crippen molar-refractivity contribution in [2.24, 2.45) is 5.92 Å². The van der Waals surface area contributed by atoms with Crippen LogP contribution in [0.15, 0.2) is 0 Å². The highest BCUT2D eigenvalue weighted by Crippen LogP contribution is 2.30. The van der Waals surface area contributed by atoms with E-state index in [1.54, 1.807) is 0 Å². The standard InChI is InChI=1S/C14H24ClNO2/c1-2-13-12(7-10-18-13)14(17)16(9-8-15)11-5-3-4-6-11/h11-13H,2-10H2,1H3. The summed E-state index contributed by atoms with van der Waals surface area (Å²) in [6.45, 7) is 3.52. The van der Waals surface area contributed by atoms with Gasteiger partial charge in [-0.2, -0.15) is 0 Å². The lowest BCUT2D eigenvalue weighted by Crippen LogP contribution is -2.45. The Bertz CT molecular complexity index is 279. The van der Waals surface area contributed by atoms with Crippen molar-refractivity contribution in [1.82, 2.24) is 4.90 Å². The van der Waals surface area contributed by atoms with Crippen molar-refractivity contribution < 1.29 is 9.53 Å². The molecular formula is C14H24ClNO2. The SMILES string of the molecule is CCC1OCCC1C(=O)N(CCCl)C1CCCC1. The van der Waals surface area contributed by atoms with Crippen molar-refractivity contribution in [2.45, 2.75) is 57.6 Å². The predicted molar refractivity (Wildman–Crippen MR) is 72.8 cm³/mol. The summed E-state index contributed by atoms with van der Waals surface area (Å²) >= 11 is 5.87. The number of alkyl halides is 1. The molecule has 0 radical (unpaired) electrons. The normalized spacial score (nSPS) is 28.8. The first-order chi connectivity index (χ1) is 8.77. The van der Waals surface area contributed by atoms with Crippen LogP contribution in [0, 0.1) is 5.92 Å². The molecule has 1 aliphatic carbocycles. The third-order valence-corrected chi connectivity index (χ3v) is 4.47. The van der Waals surface area contributed by atoms with Gasteiger partial charge in [-0.05, 0) is 25.7 Å². The summed E-state index contributed by atoms with van der Waals surface area (Å²) in [5.41, 5.74) is 0. The zero-order valence-electron chi connectivity index (χ0n) is 11.2. The van der Waals surface area contributed by atoms with Crippen molar-refractivity contribution in [3.05, 3.63) is 0 Å². The Morgan fingerprint density at radius 2 is 2.06 bits per heavy atom. The number of nitrogens with zero attached hydrogens (tertiary/aromatic N) is 1. The van der Waals surface area contributed by atoms with E-state index >= 15 is 0 Å². The van der Waals surface area contributed by atoms with Crippen molar-refractivity contribution in [2.75, 3.05) is 19.0 Å². The molecule has 18 heavy (non-hydrogen) atoms. The molecule has 0 bridgehead atoms. The molecule has 1 saturated carbocycles. The Kier molecular flexibility index (Phi) is 5.31. The maximum absolute atomic E-state index is 12.7. The molecule has 0 aromatic carbocycles. The second-order valence-corrected chi connectivity index (χ2v) is 5.75. The number of carbonyl (C=O) groups is 1. The Morgan fingerprint density at radius 3 is 2.67 bits per heavy atom. The van der Waals surface area contributed by atoms with Gasteiger partial charge in [0.2, 0.25) is 5.91 Å². The smallest absolute Gasteiger partial charge is 0.228 e. The number of carbonyl (C=O) groups excluding carboxylic acids is 1. The van der Waals surface area contributed by atoms with Crippen LogP contribution in [0.1, 0.15) is 45.4 Å². The molecule has 0 spiro atoms. The fourth-order valence-corrected chi connectivity index (χ4v) is 3.51. The molecule has 4 heteroatoms. The maximum atomic E-state index is 12.7. The zero-order chi connectivity index (χ0) is 13.0. The fourth-order valence-electron chi connectivity index (χ4n) is 3.33. The maximum Gasteiger partial charge on any atom is 0.228 e. The average molecular weight is 274 g/mol. The number of hydrogen-bond acceptors (Lipinski definition) is 2. The summed E-state index contributed by atoms with van der Waals surface area (Å²) in [6, 6.07) is 0.425. The monoisotopic (exact) mass is 273 g/mol. The molecule has 104 valence electrons. The highest BCUT2D eigenvalue weighted by Gasteiger charge is 2.37. The highest BCUT2D eigenvalue weighted by molar-refractivity contribution is 6.18. The van der Waals surface area contributed by atoms with Crippen molar-refractivity contribution in [3.8, 4) is 0 Å². The molecule has 0 aromatic rings. The summed E-state index contributed by atoms with van der Waals surface area (Å²) < 4.78 is 5.65. The lowest BCUT2D eigenvalue weighted by Gasteiger charge is -2.32. The molecule has 2 atom stereocenters. The van der Waals surface area contributed by atoms with Gasteiger partial charge in [-0.3, -0.25) is 4.79 Å². The molecule has 2 fully saturated rings. The van der Waals surface area contributed by atoms with Crippen molar-refractivity contribution >= 4 is 17.5 Å². The van der Waals surface area contributed by atoms with Gasteiger partial charge in [-0.1, -0.05) is 19.8 Å². The second-order valence-electron chi connectivity index (χ2n) is 5.37. The second kappa shape index (κ2) is 6.76. The third-order valence-electron chi connectivity index (χ3n) is 4.30. The van der Waals surface area contributed by atoms with Crippen molar-refractivity contribution in [3.63, 3.8) is 0 Å². The lowest BCUT2D eigenvalue weighted by atomic mass is 9.97. The Hall–Kier alpha value is -0.280. The number of hydrogen-bond donors (Lipinski definition) is 0. The summed E-state index contributed by atoms with van der Waals surface area (Å²) in [4.78, 5) is 14.7. The van der Waals surface area contributed by atoms with Gasteiger partial charge >= 0.3 is 0 Å². The van der Waals surface area contributed by atoms with E-state index in [0.29, 0.717) is 18.5 Å². The van der Waals surface area contributed by atoms with E-state index in [1.165, 1.54) is 12.8 Å². The quantitative estimate of drug-likeness (QED) is 0.721. The van der Waals surface area contributed by atoms with Gasteiger partial charge in [-0.15, -0.1) is 11.6 Å². The fraction of sp³-hybridized carbons (Fsp3) is 0.929. The van der Waals surface area contributed by atoms with Crippen molar-refractivity contribution in [1.29, 1.82) is 0 Å². The molecule has 2 unspecified atom stereocenters. The molecule has 3 nitrogen and oxygen atoms in total. The Labute approximate surface area is 115 Å². The van der Waals surface area contributed by atoms with Gasteiger partial charge in [-0.25, -0.2) is 0 Å². The van der Waals surface area contributed by atoms with Gasteiger partial charge in [0.25, 0.3) is 0 Å². The van der Waals surface area contributed by atoms with Crippen LogP contribution < -0.4 is 0 Å². The minimum absolute atomic E-state index is 0.0683. The molecule has 0 aromatic heterocycles. The first kappa shape index (κ1) is 14.1. The Balaban J connectivity index is 2.02. The van der Waals surface area contributed by atoms with E-state index in [4.69, 9.17) is 16.3 Å². The lowest BCUT2D eigenvalue weighted by molar-refractivity contribution is -0.139. The zero-order valence-corrected chi connectivity index (χ0v) is 12.0. The molecule has 2 rings (SSSR count). The van der Waals surface area contributed by atoms with Crippen LogP contribution in [-0.4, -0.2) is 42.0 Å². The molecule has 1 aliphatic heterocycles. The minimum Gasteiger partial charge on any atom is -0.377 e. The first-order valence-corrected chi connectivity index (χ1v) is 7.79. The van der Waals surface area contributed by atoms with Crippen LogP contribution in [0.2, 0.25) is 0 Å². The molecule has 1 amide bonds. The molecule has 0 N–H and O–H groups in total. The van der Waals surface area contributed by atoms with Crippen LogP contribution in [-0.2, 0) is 9.53 Å². The van der Waals surface area contributed by atoms with Gasteiger partial charge in [0.1, 0.15) is 0 Å². The predicted octanol–water partition coefficient (Wildman–Crippen LogP) is 2.81. The molecule has 2 aliphatic rings. The van der Waals surface area contributed by atoms with Gasteiger partial charge in [0.15, 0.2) is 0 Å². The highest BCUT2D eigenvalue weighted by atomic mass is 35.5. The summed E-state index contributed by atoms with van der Waals surface area (Å²) in [7, 11) is 0. The van der Waals surface area contributed by atoms with Crippen LogP contribution in [0.3, 0.4) is 0 Å². The number of rotatable bonds is 5. The summed E-state index contributed by atoms with van der Waals surface area (Å²) in [6.07, 6.45) is 6.71. The van der Waals surface area contributed by atoms with Gasteiger partial charge < -0.3 is 9.64 Å².